The number of anilines is 1. The number of rotatable bonds is 5. The summed E-state index contributed by atoms with van der Waals surface area (Å²) >= 11 is 0. The maximum atomic E-state index is 12.5. The highest BCUT2D eigenvalue weighted by molar-refractivity contribution is 6.06. The molecular formula is C19H26N4O4. The molecule has 8 heteroatoms. The highest BCUT2D eigenvalue weighted by Gasteiger charge is 2.42. The molecule has 2 heterocycles. The van der Waals surface area contributed by atoms with Crippen molar-refractivity contribution in [1.29, 1.82) is 0 Å². The molecule has 3 rings (SSSR count). The summed E-state index contributed by atoms with van der Waals surface area (Å²) in [5, 5.41) is 4.81. The molecule has 2 aliphatic rings. The number of carbonyl (C=O) groups is 3. The summed E-state index contributed by atoms with van der Waals surface area (Å²) in [5.74, 6) is 0.488. The van der Waals surface area contributed by atoms with Crippen LogP contribution in [0.2, 0.25) is 0 Å². The van der Waals surface area contributed by atoms with Gasteiger partial charge in [0.05, 0.1) is 7.11 Å². The molecule has 2 saturated heterocycles. The van der Waals surface area contributed by atoms with E-state index in [0.717, 1.165) is 30.1 Å². The van der Waals surface area contributed by atoms with Crippen LogP contribution in [0.4, 0.5) is 10.5 Å². The van der Waals surface area contributed by atoms with Crippen molar-refractivity contribution < 1.29 is 19.1 Å². The van der Waals surface area contributed by atoms with Gasteiger partial charge in [0, 0.05) is 43.9 Å². The van der Waals surface area contributed by atoms with Crippen LogP contribution in [0.5, 0.6) is 5.75 Å². The number of hydrogen-bond donors (Lipinski definition) is 2. The second-order valence-electron chi connectivity index (χ2n) is 7.21. The Labute approximate surface area is 158 Å². The first-order valence-electron chi connectivity index (χ1n) is 9.14. The lowest BCUT2D eigenvalue weighted by molar-refractivity contribution is -0.132. The van der Waals surface area contributed by atoms with Crippen molar-refractivity contribution in [3.63, 3.8) is 0 Å². The van der Waals surface area contributed by atoms with Crippen molar-refractivity contribution in [1.82, 2.24) is 15.5 Å². The Morgan fingerprint density at radius 1 is 1.22 bits per heavy atom. The Morgan fingerprint density at radius 3 is 2.52 bits per heavy atom. The van der Waals surface area contributed by atoms with E-state index in [4.69, 9.17) is 4.74 Å². The molecule has 1 atom stereocenters. The molecule has 2 fully saturated rings. The van der Waals surface area contributed by atoms with Crippen molar-refractivity contribution in [3.05, 3.63) is 23.8 Å². The van der Waals surface area contributed by atoms with Crippen LogP contribution < -0.4 is 20.3 Å². The van der Waals surface area contributed by atoms with E-state index in [9.17, 15) is 14.4 Å². The Kier molecular flexibility index (Phi) is 5.25. The molecule has 8 nitrogen and oxygen atoms in total. The average molecular weight is 374 g/mol. The van der Waals surface area contributed by atoms with Crippen molar-refractivity contribution >= 4 is 23.5 Å². The third-order valence-corrected chi connectivity index (χ3v) is 5.40. The fourth-order valence-corrected chi connectivity index (χ4v) is 3.63. The molecule has 2 aliphatic heterocycles. The van der Waals surface area contributed by atoms with E-state index < -0.39 is 11.6 Å². The average Bonchev–Trinajstić information content (AvgIpc) is 2.92. The minimum absolute atomic E-state index is 0.00666. The summed E-state index contributed by atoms with van der Waals surface area (Å²) in [7, 11) is 1.66. The Bertz CT molecular complexity index is 758. The van der Waals surface area contributed by atoms with E-state index in [1.54, 1.807) is 14.0 Å². The highest BCUT2D eigenvalue weighted by Crippen LogP contribution is 2.29. The Hall–Kier alpha value is -2.77. The van der Waals surface area contributed by atoms with Gasteiger partial charge in [-0.15, -0.1) is 0 Å². The number of imide groups is 1. The van der Waals surface area contributed by atoms with Crippen molar-refractivity contribution in [2.24, 2.45) is 0 Å². The summed E-state index contributed by atoms with van der Waals surface area (Å²) in [4.78, 5) is 39.8. The number of methoxy groups -OCH3 is 1. The first-order chi connectivity index (χ1) is 12.8. The molecular weight excluding hydrogens is 348 g/mol. The molecule has 146 valence electrons. The minimum Gasteiger partial charge on any atom is -0.496 e. The first kappa shape index (κ1) is 19.0. The van der Waals surface area contributed by atoms with Crippen LogP contribution in [0.3, 0.4) is 0 Å². The van der Waals surface area contributed by atoms with E-state index in [1.807, 2.05) is 24.0 Å². The number of nitrogens with one attached hydrogen (secondary N) is 2. The van der Waals surface area contributed by atoms with Gasteiger partial charge in [0.25, 0.3) is 5.91 Å². The predicted molar refractivity (Wildman–Crippen MR) is 101 cm³/mol. The number of benzene rings is 1. The van der Waals surface area contributed by atoms with Gasteiger partial charge in [0.1, 0.15) is 11.3 Å². The lowest BCUT2D eigenvalue weighted by atomic mass is 9.96. The fourth-order valence-electron chi connectivity index (χ4n) is 3.63. The molecule has 1 aromatic carbocycles. The van der Waals surface area contributed by atoms with Gasteiger partial charge in [0.15, 0.2) is 0 Å². The number of nitrogens with zero attached hydrogens (tertiary/aromatic N) is 2. The number of carbonyl (C=O) groups excluding carboxylic acids is 3. The summed E-state index contributed by atoms with van der Waals surface area (Å²) in [5.41, 5.74) is 1.21. The standard InChI is InChI=1S/C19H26N4O4/c1-13-14(5-4-6-15(13)27-3)22-9-11-23(12-10-22)16(24)7-8-19(2)17(25)20-18(26)21-19/h4-6H,7-12H2,1-3H3,(H2,20,21,25,26). The number of urea groups is 1. The highest BCUT2D eigenvalue weighted by atomic mass is 16.5. The quantitative estimate of drug-likeness (QED) is 0.752. The second-order valence-corrected chi connectivity index (χ2v) is 7.21. The fraction of sp³-hybridized carbons (Fsp3) is 0.526. The molecule has 0 aromatic heterocycles. The van der Waals surface area contributed by atoms with Crippen molar-refractivity contribution in [2.75, 3.05) is 38.2 Å². The van der Waals surface area contributed by atoms with E-state index >= 15 is 0 Å². The zero-order chi connectivity index (χ0) is 19.6. The molecule has 4 amide bonds. The topological polar surface area (TPSA) is 91.0 Å². The molecule has 27 heavy (non-hydrogen) atoms. The van der Waals surface area contributed by atoms with Crippen LogP contribution in [0.1, 0.15) is 25.3 Å². The molecule has 2 N–H and O–H groups in total. The smallest absolute Gasteiger partial charge is 0.322 e. The summed E-state index contributed by atoms with van der Waals surface area (Å²) in [6, 6.07) is 5.48. The first-order valence-corrected chi connectivity index (χ1v) is 9.14. The van der Waals surface area contributed by atoms with E-state index in [0.29, 0.717) is 19.5 Å². The maximum Gasteiger partial charge on any atom is 0.322 e. The number of amides is 4. The van der Waals surface area contributed by atoms with Crippen LogP contribution in [-0.4, -0.2) is 61.6 Å². The van der Waals surface area contributed by atoms with Crippen LogP contribution in [-0.2, 0) is 9.59 Å². The molecule has 0 radical (unpaired) electrons. The summed E-state index contributed by atoms with van der Waals surface area (Å²) < 4.78 is 5.39. The SMILES string of the molecule is COc1cccc(N2CCN(C(=O)CCC3(C)NC(=O)NC3=O)CC2)c1C. The van der Waals surface area contributed by atoms with Gasteiger partial charge in [-0.1, -0.05) is 6.07 Å². The maximum absolute atomic E-state index is 12.5. The van der Waals surface area contributed by atoms with Gasteiger partial charge < -0.3 is 19.9 Å². The monoisotopic (exact) mass is 374 g/mol. The summed E-state index contributed by atoms with van der Waals surface area (Å²) in [6.07, 6.45) is 0.515. The Balaban J connectivity index is 1.54. The van der Waals surface area contributed by atoms with E-state index in [-0.39, 0.29) is 18.2 Å². The van der Waals surface area contributed by atoms with Gasteiger partial charge in [0.2, 0.25) is 5.91 Å². The predicted octanol–water partition coefficient (Wildman–Crippen LogP) is 1.03. The molecule has 0 bridgehead atoms. The molecule has 1 aromatic rings. The summed E-state index contributed by atoms with van der Waals surface area (Å²) in [6.45, 7) is 6.43. The lowest BCUT2D eigenvalue weighted by Gasteiger charge is -2.37. The molecule has 0 saturated carbocycles. The number of hydrogen-bond acceptors (Lipinski definition) is 5. The number of piperazine rings is 1. The third-order valence-electron chi connectivity index (χ3n) is 5.40. The van der Waals surface area contributed by atoms with Crippen molar-refractivity contribution in [2.45, 2.75) is 32.2 Å². The van der Waals surface area contributed by atoms with E-state index in [2.05, 4.69) is 21.6 Å². The minimum atomic E-state index is -1.01. The van der Waals surface area contributed by atoms with E-state index in [1.165, 1.54) is 0 Å². The van der Waals surface area contributed by atoms with Gasteiger partial charge in [-0.25, -0.2) is 4.79 Å². The zero-order valence-electron chi connectivity index (χ0n) is 16.0. The van der Waals surface area contributed by atoms with Crippen molar-refractivity contribution in [3.8, 4) is 5.75 Å². The van der Waals surface area contributed by atoms with Crippen LogP contribution in [0.15, 0.2) is 18.2 Å². The van der Waals surface area contributed by atoms with Gasteiger partial charge in [-0.3, -0.25) is 14.9 Å². The zero-order valence-corrected chi connectivity index (χ0v) is 16.0. The van der Waals surface area contributed by atoms with Gasteiger partial charge in [-0.2, -0.15) is 0 Å². The van der Waals surface area contributed by atoms with Crippen LogP contribution >= 0.6 is 0 Å². The van der Waals surface area contributed by atoms with Gasteiger partial charge in [-0.05, 0) is 32.4 Å². The second kappa shape index (κ2) is 7.46. The molecule has 1 unspecified atom stereocenters. The molecule has 0 aliphatic carbocycles. The normalized spacial score (nSPS) is 22.5. The van der Waals surface area contributed by atoms with Crippen LogP contribution in [0, 0.1) is 6.92 Å². The largest absolute Gasteiger partial charge is 0.496 e. The number of ether oxygens (including phenoxy) is 1. The third kappa shape index (κ3) is 3.84. The Morgan fingerprint density at radius 2 is 1.93 bits per heavy atom. The molecule has 0 spiro atoms. The van der Waals surface area contributed by atoms with Crippen LogP contribution in [0.25, 0.3) is 0 Å². The lowest BCUT2D eigenvalue weighted by Crippen LogP contribution is -2.50. The van der Waals surface area contributed by atoms with Gasteiger partial charge >= 0.3 is 6.03 Å².